The van der Waals surface area contributed by atoms with Crippen LogP contribution in [0.1, 0.15) is 44.7 Å². The molecule has 0 aliphatic rings. The highest BCUT2D eigenvalue weighted by atomic mass is 32.2. The molecule has 0 fully saturated rings. The normalized spacial score (nSPS) is 12.9. The molecular weight excluding hydrogens is 476 g/mol. The number of nitrogens with zero attached hydrogens (tertiary/aromatic N) is 3. The van der Waals surface area contributed by atoms with Crippen molar-refractivity contribution in [3.05, 3.63) is 72.2 Å². The molecule has 8 nitrogen and oxygen atoms in total. The Kier molecular flexibility index (Phi) is 6.62. The van der Waals surface area contributed by atoms with Gasteiger partial charge in [0.15, 0.2) is 9.84 Å². The van der Waals surface area contributed by atoms with Crippen LogP contribution in [0.4, 0.5) is 5.69 Å². The quantitative estimate of drug-likeness (QED) is 0.374. The van der Waals surface area contributed by atoms with Crippen molar-refractivity contribution >= 4 is 32.3 Å². The molecular formula is C27H30N4O4S. The zero-order chi connectivity index (χ0) is 26.3. The van der Waals surface area contributed by atoms with Gasteiger partial charge in [0.2, 0.25) is 5.91 Å². The van der Waals surface area contributed by atoms with E-state index < -0.39 is 15.8 Å². The minimum absolute atomic E-state index is 0.134. The number of rotatable bonds is 6. The van der Waals surface area contributed by atoms with Crippen LogP contribution in [0.15, 0.2) is 66.0 Å². The van der Waals surface area contributed by atoms with Crippen LogP contribution in [-0.2, 0) is 20.2 Å². The Hall–Kier alpha value is -3.72. The number of sulfone groups is 1. The largest absolute Gasteiger partial charge is 0.456 e. The molecule has 36 heavy (non-hydrogen) atoms. The van der Waals surface area contributed by atoms with E-state index in [2.05, 4.69) is 15.4 Å². The molecule has 1 amide bonds. The van der Waals surface area contributed by atoms with Crippen molar-refractivity contribution in [2.24, 2.45) is 0 Å². The predicted molar refractivity (Wildman–Crippen MR) is 140 cm³/mol. The Balaban J connectivity index is 1.54. The van der Waals surface area contributed by atoms with Crippen LogP contribution in [-0.4, -0.2) is 35.3 Å². The van der Waals surface area contributed by atoms with Crippen LogP contribution in [0, 0.1) is 6.92 Å². The summed E-state index contributed by atoms with van der Waals surface area (Å²) in [7, 11) is -3.37. The molecule has 0 aliphatic heterocycles. The molecule has 0 saturated carbocycles. The summed E-state index contributed by atoms with van der Waals surface area (Å²) in [5, 5.41) is 7.86. The third kappa shape index (κ3) is 5.41. The number of hydrogen-bond acceptors (Lipinski definition) is 6. The fourth-order valence-corrected chi connectivity index (χ4v) is 4.40. The smallest absolute Gasteiger partial charge is 0.231 e. The lowest BCUT2D eigenvalue weighted by Crippen LogP contribution is -2.22. The molecule has 0 radical (unpaired) electrons. The van der Waals surface area contributed by atoms with Gasteiger partial charge in [-0.15, -0.1) is 0 Å². The summed E-state index contributed by atoms with van der Waals surface area (Å²) in [6, 6.07) is 12.1. The summed E-state index contributed by atoms with van der Waals surface area (Å²) >= 11 is 0. The van der Waals surface area contributed by atoms with Gasteiger partial charge in [0.1, 0.15) is 11.5 Å². The Labute approximate surface area is 211 Å². The number of nitrogens with one attached hydrogen (secondary N) is 1. The molecule has 0 bridgehead atoms. The van der Waals surface area contributed by atoms with Gasteiger partial charge in [-0.25, -0.2) is 8.42 Å². The summed E-state index contributed by atoms with van der Waals surface area (Å²) in [5.41, 5.74) is 2.80. The van der Waals surface area contributed by atoms with Gasteiger partial charge in [-0.2, -0.15) is 5.10 Å². The van der Waals surface area contributed by atoms with Crippen LogP contribution in [0.2, 0.25) is 0 Å². The zero-order valence-corrected chi connectivity index (χ0v) is 22.1. The van der Waals surface area contributed by atoms with Gasteiger partial charge in [-0.3, -0.25) is 14.5 Å². The first-order valence-corrected chi connectivity index (χ1v) is 13.5. The van der Waals surface area contributed by atoms with Crippen LogP contribution < -0.4 is 10.1 Å². The SMILES string of the molecule is Cc1cc(C(C)C(=O)Nc2cnn(C(C)(C)C)c2)ccc1Oc1ccnc2ccc(S(C)(=O)=O)cc12. The fraction of sp³-hybridized carbons (Fsp3) is 0.296. The van der Waals surface area contributed by atoms with Crippen molar-refractivity contribution in [1.82, 2.24) is 14.8 Å². The highest BCUT2D eigenvalue weighted by Crippen LogP contribution is 2.33. The summed E-state index contributed by atoms with van der Waals surface area (Å²) in [6.07, 6.45) is 6.25. The monoisotopic (exact) mass is 506 g/mol. The van der Waals surface area contributed by atoms with Crippen molar-refractivity contribution in [3.8, 4) is 11.5 Å². The predicted octanol–water partition coefficient (Wildman–Crippen LogP) is 5.43. The van der Waals surface area contributed by atoms with Crippen molar-refractivity contribution in [1.29, 1.82) is 0 Å². The van der Waals surface area contributed by atoms with E-state index in [9.17, 15) is 13.2 Å². The Morgan fingerprint density at radius 2 is 1.83 bits per heavy atom. The van der Waals surface area contributed by atoms with E-state index in [1.165, 1.54) is 12.3 Å². The van der Waals surface area contributed by atoms with Crippen LogP contribution >= 0.6 is 0 Å². The average molecular weight is 507 g/mol. The second-order valence-corrected chi connectivity index (χ2v) is 12.0. The van der Waals surface area contributed by atoms with Gasteiger partial charge in [0, 0.05) is 24.0 Å². The molecule has 1 atom stereocenters. The van der Waals surface area contributed by atoms with Crippen LogP contribution in [0.3, 0.4) is 0 Å². The third-order valence-electron chi connectivity index (χ3n) is 5.95. The number of fused-ring (bicyclic) bond motifs is 1. The van der Waals surface area contributed by atoms with E-state index in [0.29, 0.717) is 28.1 Å². The third-order valence-corrected chi connectivity index (χ3v) is 7.06. The van der Waals surface area contributed by atoms with E-state index in [4.69, 9.17) is 4.74 Å². The summed E-state index contributed by atoms with van der Waals surface area (Å²) in [5.74, 6) is 0.581. The standard InChI is InChI=1S/C27H30N4O4S/c1-17-13-19(18(2)26(32)30-20-15-29-31(16-20)27(3,4)5)7-10-24(17)35-25-11-12-28-23-9-8-21(14-22(23)25)36(6,33)34/h7-16,18H,1-6H3,(H,30,32). The highest BCUT2D eigenvalue weighted by Gasteiger charge is 2.20. The summed E-state index contributed by atoms with van der Waals surface area (Å²) < 4.78 is 32.0. The number of ether oxygens (including phenoxy) is 1. The molecule has 188 valence electrons. The number of amides is 1. The molecule has 2 heterocycles. The zero-order valence-electron chi connectivity index (χ0n) is 21.2. The first-order chi connectivity index (χ1) is 16.8. The van der Waals surface area contributed by atoms with Crippen molar-refractivity contribution in [2.45, 2.75) is 51.0 Å². The van der Waals surface area contributed by atoms with E-state index in [1.807, 2.05) is 63.7 Å². The van der Waals surface area contributed by atoms with Crippen molar-refractivity contribution in [2.75, 3.05) is 11.6 Å². The lowest BCUT2D eigenvalue weighted by atomic mass is 9.98. The molecule has 9 heteroatoms. The topological polar surface area (TPSA) is 103 Å². The molecule has 0 saturated heterocycles. The minimum Gasteiger partial charge on any atom is -0.456 e. The molecule has 4 aromatic rings. The number of aromatic nitrogens is 3. The molecule has 1 N–H and O–H groups in total. The number of pyridine rings is 1. The number of hydrogen-bond donors (Lipinski definition) is 1. The molecule has 4 rings (SSSR count). The van der Waals surface area contributed by atoms with E-state index in [0.717, 1.165) is 11.1 Å². The summed E-state index contributed by atoms with van der Waals surface area (Å²) in [4.78, 5) is 17.4. The van der Waals surface area contributed by atoms with Gasteiger partial charge in [0.05, 0.1) is 33.8 Å². The number of anilines is 1. The van der Waals surface area contributed by atoms with Crippen molar-refractivity contribution in [3.63, 3.8) is 0 Å². The van der Waals surface area contributed by atoms with Gasteiger partial charge < -0.3 is 10.1 Å². The Morgan fingerprint density at radius 1 is 1.08 bits per heavy atom. The lowest BCUT2D eigenvalue weighted by molar-refractivity contribution is -0.117. The molecule has 1 unspecified atom stereocenters. The summed E-state index contributed by atoms with van der Waals surface area (Å²) in [6.45, 7) is 9.88. The molecule has 2 aromatic heterocycles. The van der Waals surface area contributed by atoms with Gasteiger partial charge in [0.25, 0.3) is 0 Å². The van der Waals surface area contributed by atoms with Crippen molar-refractivity contribution < 1.29 is 17.9 Å². The Bertz CT molecular complexity index is 1550. The number of carbonyl (C=O) groups excluding carboxylic acids is 1. The maximum Gasteiger partial charge on any atom is 0.231 e. The Morgan fingerprint density at radius 3 is 2.47 bits per heavy atom. The van der Waals surface area contributed by atoms with E-state index in [1.54, 1.807) is 30.6 Å². The van der Waals surface area contributed by atoms with E-state index in [-0.39, 0.29) is 16.3 Å². The van der Waals surface area contributed by atoms with E-state index >= 15 is 0 Å². The molecule has 2 aromatic carbocycles. The molecule has 0 aliphatic carbocycles. The first-order valence-electron chi connectivity index (χ1n) is 11.6. The number of aryl methyl sites for hydroxylation is 1. The van der Waals surface area contributed by atoms with Gasteiger partial charge >= 0.3 is 0 Å². The maximum absolute atomic E-state index is 12.9. The number of benzene rings is 2. The fourth-order valence-electron chi connectivity index (χ4n) is 3.75. The average Bonchev–Trinajstić information content (AvgIpc) is 3.28. The lowest BCUT2D eigenvalue weighted by Gasteiger charge is -2.18. The minimum atomic E-state index is -3.37. The number of carbonyl (C=O) groups is 1. The molecule has 0 spiro atoms. The second kappa shape index (κ2) is 9.39. The van der Waals surface area contributed by atoms with Gasteiger partial charge in [-0.05, 0) is 76.1 Å². The first kappa shape index (κ1) is 25.4. The van der Waals surface area contributed by atoms with Gasteiger partial charge in [-0.1, -0.05) is 12.1 Å². The van der Waals surface area contributed by atoms with Crippen LogP contribution in [0.25, 0.3) is 10.9 Å². The second-order valence-electron chi connectivity index (χ2n) is 9.94. The van der Waals surface area contributed by atoms with Crippen LogP contribution in [0.5, 0.6) is 11.5 Å². The highest BCUT2D eigenvalue weighted by molar-refractivity contribution is 7.90. The maximum atomic E-state index is 12.9.